The molecule has 24 heavy (non-hydrogen) atoms. The molecular weight excluding hydrogens is 344 g/mol. The first-order chi connectivity index (χ1) is 11.8. The predicted molar refractivity (Wildman–Crippen MR) is 94.1 cm³/mol. The van der Waals surface area contributed by atoms with E-state index in [-0.39, 0.29) is 0 Å². The monoisotopic (exact) mass is 356 g/mol. The van der Waals surface area contributed by atoms with Crippen molar-refractivity contribution >= 4 is 34.3 Å². The molecular formula is C16H12N4O2S2. The molecule has 0 fully saturated rings. The Labute approximate surface area is 146 Å². The zero-order valence-corrected chi connectivity index (χ0v) is 14.5. The predicted octanol–water partition coefficient (Wildman–Crippen LogP) is 4.38. The number of hydrogen-bond acceptors (Lipinski definition) is 8. The van der Waals surface area contributed by atoms with Gasteiger partial charge in [-0.15, -0.1) is 20.4 Å². The van der Waals surface area contributed by atoms with E-state index in [4.69, 9.17) is 8.83 Å². The smallest absolute Gasteiger partial charge is 0.276 e. The quantitative estimate of drug-likeness (QED) is 0.498. The van der Waals surface area contributed by atoms with Crippen LogP contribution in [0.3, 0.4) is 0 Å². The Bertz CT molecular complexity index is 931. The van der Waals surface area contributed by atoms with E-state index in [0.717, 1.165) is 21.9 Å². The van der Waals surface area contributed by atoms with Gasteiger partial charge in [0.25, 0.3) is 10.4 Å². The average Bonchev–Trinajstić information content (AvgIpc) is 3.30. The maximum absolute atomic E-state index is 5.58. The molecule has 0 N–H and O–H groups in total. The van der Waals surface area contributed by atoms with Gasteiger partial charge >= 0.3 is 0 Å². The second-order valence-corrected chi connectivity index (χ2v) is 6.45. The molecule has 2 aromatic heterocycles. The maximum atomic E-state index is 5.58. The van der Waals surface area contributed by atoms with Gasteiger partial charge in [0.05, 0.1) is 0 Å². The first kappa shape index (κ1) is 15.2. The molecule has 0 aliphatic heterocycles. The van der Waals surface area contributed by atoms with E-state index >= 15 is 0 Å². The summed E-state index contributed by atoms with van der Waals surface area (Å²) in [6.07, 6.45) is 3.80. The molecule has 120 valence electrons. The molecule has 0 bridgehead atoms. The fourth-order valence-electron chi connectivity index (χ4n) is 2.33. The van der Waals surface area contributed by atoms with E-state index in [2.05, 4.69) is 20.4 Å². The van der Waals surface area contributed by atoms with Crippen molar-refractivity contribution in [3.05, 3.63) is 36.4 Å². The lowest BCUT2D eigenvalue weighted by Gasteiger charge is -2.02. The summed E-state index contributed by atoms with van der Waals surface area (Å²) in [4.78, 5) is 0. The lowest BCUT2D eigenvalue weighted by atomic mass is 10.0. The Balaban J connectivity index is 1.72. The number of thioether (sulfide) groups is 2. The van der Waals surface area contributed by atoms with Gasteiger partial charge in [-0.05, 0) is 47.5 Å². The summed E-state index contributed by atoms with van der Waals surface area (Å²) >= 11 is 2.85. The lowest BCUT2D eigenvalue weighted by molar-refractivity contribution is 0.466. The normalized spacial score (nSPS) is 11.2. The lowest BCUT2D eigenvalue weighted by Crippen LogP contribution is -1.82. The van der Waals surface area contributed by atoms with Gasteiger partial charge in [-0.3, -0.25) is 0 Å². The molecule has 6 nitrogen and oxygen atoms in total. The first-order valence-corrected chi connectivity index (χ1v) is 9.51. The average molecular weight is 356 g/mol. The van der Waals surface area contributed by atoms with Crippen LogP contribution in [0.15, 0.2) is 55.7 Å². The van der Waals surface area contributed by atoms with E-state index in [0.29, 0.717) is 22.2 Å². The van der Waals surface area contributed by atoms with Crippen molar-refractivity contribution in [2.45, 2.75) is 10.4 Å². The van der Waals surface area contributed by atoms with Crippen LogP contribution in [0, 0.1) is 0 Å². The number of benzene rings is 2. The minimum absolute atomic E-state index is 0.520. The Morgan fingerprint density at radius 3 is 1.50 bits per heavy atom. The SMILES string of the molecule is CSc1nnc(-c2ccc3cc(-c4nnc(SC)o4)ccc3c2)o1. The summed E-state index contributed by atoms with van der Waals surface area (Å²) < 4.78 is 11.2. The van der Waals surface area contributed by atoms with E-state index in [1.807, 2.05) is 48.9 Å². The molecule has 0 aliphatic rings. The zero-order valence-electron chi connectivity index (χ0n) is 12.9. The number of fused-ring (bicyclic) bond motifs is 1. The summed E-state index contributed by atoms with van der Waals surface area (Å²) in [5.74, 6) is 1.04. The highest BCUT2D eigenvalue weighted by Gasteiger charge is 2.11. The molecule has 0 amide bonds. The van der Waals surface area contributed by atoms with E-state index < -0.39 is 0 Å². The summed E-state index contributed by atoms with van der Waals surface area (Å²) in [5, 5.41) is 19.3. The second-order valence-electron chi connectivity index (χ2n) is 4.93. The highest BCUT2D eigenvalue weighted by atomic mass is 32.2. The topological polar surface area (TPSA) is 77.8 Å². The third-order valence-electron chi connectivity index (χ3n) is 3.50. The van der Waals surface area contributed by atoms with Gasteiger partial charge in [0.15, 0.2) is 0 Å². The number of hydrogen-bond donors (Lipinski definition) is 0. The minimum atomic E-state index is 0.520. The minimum Gasteiger partial charge on any atom is -0.411 e. The van der Waals surface area contributed by atoms with Crippen molar-refractivity contribution in [1.82, 2.24) is 20.4 Å². The molecule has 0 radical (unpaired) electrons. The summed E-state index contributed by atoms with van der Waals surface area (Å²) in [6.45, 7) is 0. The van der Waals surface area contributed by atoms with Crippen molar-refractivity contribution in [2.75, 3.05) is 12.5 Å². The largest absolute Gasteiger partial charge is 0.411 e. The van der Waals surface area contributed by atoms with Gasteiger partial charge in [0.2, 0.25) is 11.8 Å². The molecule has 4 aromatic rings. The van der Waals surface area contributed by atoms with Crippen molar-refractivity contribution in [1.29, 1.82) is 0 Å². The highest BCUT2D eigenvalue weighted by Crippen LogP contribution is 2.29. The van der Waals surface area contributed by atoms with Crippen LogP contribution in [0.2, 0.25) is 0 Å². The van der Waals surface area contributed by atoms with Crippen LogP contribution in [-0.2, 0) is 0 Å². The fourth-order valence-corrected chi connectivity index (χ4v) is 2.90. The summed E-state index contributed by atoms with van der Waals surface area (Å²) in [7, 11) is 0. The Morgan fingerprint density at radius 2 is 1.12 bits per heavy atom. The number of nitrogens with zero attached hydrogens (tertiary/aromatic N) is 4. The standard InChI is InChI=1S/C16H12N4O2S2/c1-23-15-19-17-13(21-15)11-5-3-10-8-12(6-4-9(10)7-11)14-18-20-16(22-14)24-2/h3-8H,1-2H3. The molecule has 8 heteroatoms. The summed E-state index contributed by atoms with van der Waals surface area (Å²) in [6, 6.07) is 12.0. The maximum Gasteiger partial charge on any atom is 0.276 e. The van der Waals surface area contributed by atoms with Crippen LogP contribution in [0.5, 0.6) is 0 Å². The van der Waals surface area contributed by atoms with Crippen LogP contribution >= 0.6 is 23.5 Å². The Kier molecular flexibility index (Phi) is 3.99. The van der Waals surface area contributed by atoms with Crippen LogP contribution in [0.1, 0.15) is 0 Å². The Morgan fingerprint density at radius 1 is 0.667 bits per heavy atom. The van der Waals surface area contributed by atoms with E-state index in [1.165, 1.54) is 23.5 Å². The van der Waals surface area contributed by atoms with Gasteiger partial charge in [0, 0.05) is 11.1 Å². The van der Waals surface area contributed by atoms with Crippen LogP contribution in [0.4, 0.5) is 0 Å². The molecule has 0 saturated carbocycles. The van der Waals surface area contributed by atoms with E-state index in [9.17, 15) is 0 Å². The zero-order chi connectivity index (χ0) is 16.5. The van der Waals surface area contributed by atoms with Crippen LogP contribution in [0.25, 0.3) is 33.7 Å². The summed E-state index contributed by atoms with van der Waals surface area (Å²) in [5.41, 5.74) is 1.79. The molecule has 0 unspecified atom stereocenters. The van der Waals surface area contributed by atoms with Crippen molar-refractivity contribution in [3.63, 3.8) is 0 Å². The number of rotatable bonds is 4. The number of aromatic nitrogens is 4. The first-order valence-electron chi connectivity index (χ1n) is 7.06. The molecule has 4 rings (SSSR count). The van der Waals surface area contributed by atoms with Gasteiger partial charge in [-0.2, -0.15) is 0 Å². The van der Waals surface area contributed by atoms with Crippen molar-refractivity contribution in [2.24, 2.45) is 0 Å². The highest BCUT2D eigenvalue weighted by molar-refractivity contribution is 7.98. The van der Waals surface area contributed by atoms with Crippen molar-refractivity contribution < 1.29 is 8.83 Å². The van der Waals surface area contributed by atoms with Gasteiger partial charge < -0.3 is 8.83 Å². The molecule has 2 heterocycles. The van der Waals surface area contributed by atoms with Gasteiger partial charge in [-0.25, -0.2) is 0 Å². The third kappa shape index (κ3) is 2.78. The third-order valence-corrected chi connectivity index (χ3v) is 4.52. The molecule has 2 aromatic carbocycles. The van der Waals surface area contributed by atoms with Crippen LogP contribution in [-0.4, -0.2) is 32.9 Å². The van der Waals surface area contributed by atoms with Gasteiger partial charge in [0.1, 0.15) is 0 Å². The van der Waals surface area contributed by atoms with Crippen LogP contribution < -0.4 is 0 Å². The molecule has 0 spiro atoms. The van der Waals surface area contributed by atoms with E-state index in [1.54, 1.807) is 0 Å². The fraction of sp³-hybridized carbons (Fsp3) is 0.125. The molecule has 0 aliphatic carbocycles. The molecule has 0 saturated heterocycles. The van der Waals surface area contributed by atoms with Crippen molar-refractivity contribution in [3.8, 4) is 22.9 Å². The Hall–Kier alpha value is -2.32. The molecule has 0 atom stereocenters. The second kappa shape index (κ2) is 6.29. The van der Waals surface area contributed by atoms with Gasteiger partial charge in [-0.1, -0.05) is 35.7 Å².